The maximum absolute atomic E-state index is 13.4. The van der Waals surface area contributed by atoms with Crippen molar-refractivity contribution in [1.82, 2.24) is 0 Å². The second-order valence-corrected chi connectivity index (χ2v) is 9.11. The van der Waals surface area contributed by atoms with Crippen LogP contribution in [0.2, 0.25) is 0 Å². The van der Waals surface area contributed by atoms with Crippen molar-refractivity contribution in [2.75, 3.05) is 5.32 Å². The Balaban J connectivity index is 1.57. The van der Waals surface area contributed by atoms with E-state index < -0.39 is 11.9 Å². The molecule has 0 saturated heterocycles. The molecule has 5 rings (SSSR count). The van der Waals surface area contributed by atoms with Crippen molar-refractivity contribution in [3.63, 3.8) is 0 Å². The van der Waals surface area contributed by atoms with E-state index in [1.165, 1.54) is 0 Å². The van der Waals surface area contributed by atoms with Crippen molar-refractivity contribution in [2.45, 2.75) is 44.6 Å². The summed E-state index contributed by atoms with van der Waals surface area (Å²) in [4.78, 5) is 25.2. The Morgan fingerprint density at radius 3 is 2.60 bits per heavy atom. The number of carbonyl (C=O) groups excluding carboxylic acids is 1. The highest BCUT2D eigenvalue weighted by Crippen LogP contribution is 2.44. The Bertz CT molecular complexity index is 1420. The van der Waals surface area contributed by atoms with Crippen LogP contribution in [-0.4, -0.2) is 17.0 Å². The summed E-state index contributed by atoms with van der Waals surface area (Å²) in [5.74, 6) is -0.518. The lowest BCUT2D eigenvalue weighted by Crippen LogP contribution is -2.17. The van der Waals surface area contributed by atoms with Crippen molar-refractivity contribution < 1.29 is 19.1 Å². The summed E-state index contributed by atoms with van der Waals surface area (Å²) < 4.78 is 6.27. The van der Waals surface area contributed by atoms with Gasteiger partial charge in [-0.3, -0.25) is 9.59 Å². The van der Waals surface area contributed by atoms with E-state index in [-0.39, 0.29) is 5.91 Å². The molecule has 1 unspecified atom stereocenters. The molecule has 0 bridgehead atoms. The topological polar surface area (TPSA) is 106 Å². The molecular formula is C29H28N2O4. The van der Waals surface area contributed by atoms with Gasteiger partial charge in [0.15, 0.2) is 0 Å². The molecule has 1 saturated carbocycles. The largest absolute Gasteiger partial charge is 0.481 e. The fourth-order valence-corrected chi connectivity index (χ4v) is 4.59. The molecule has 4 N–H and O–H groups in total. The second kappa shape index (κ2) is 9.39. The van der Waals surface area contributed by atoms with Crippen LogP contribution in [0.5, 0.6) is 0 Å². The zero-order valence-electron chi connectivity index (χ0n) is 19.6. The molecule has 1 fully saturated rings. The van der Waals surface area contributed by atoms with E-state index in [0.717, 1.165) is 46.3 Å². The minimum atomic E-state index is -0.913. The van der Waals surface area contributed by atoms with Crippen LogP contribution >= 0.6 is 0 Å². The number of para-hydroxylation sites is 1. The van der Waals surface area contributed by atoms with Gasteiger partial charge in [0.2, 0.25) is 0 Å². The summed E-state index contributed by atoms with van der Waals surface area (Å²) in [6.45, 7) is 2.24. The molecule has 0 radical (unpaired) electrons. The average Bonchev–Trinajstić information content (AvgIpc) is 3.63. The molecule has 178 valence electrons. The van der Waals surface area contributed by atoms with Gasteiger partial charge in [-0.2, -0.15) is 0 Å². The zero-order chi connectivity index (χ0) is 24.5. The number of nitrogens with two attached hydrogens (primary N) is 1. The Morgan fingerprint density at radius 2 is 1.89 bits per heavy atom. The first-order chi connectivity index (χ1) is 17.0. The molecule has 1 heterocycles. The smallest absolute Gasteiger partial charge is 0.311 e. The number of carboxylic acids is 1. The molecule has 1 aliphatic carbocycles. The Morgan fingerprint density at radius 1 is 1.09 bits per heavy atom. The number of furan rings is 1. The minimum absolute atomic E-state index is 0.301. The number of carbonyl (C=O) groups is 2. The highest BCUT2D eigenvalue weighted by Gasteiger charge is 2.28. The van der Waals surface area contributed by atoms with Crippen LogP contribution in [0.15, 0.2) is 71.1 Å². The van der Waals surface area contributed by atoms with Crippen LogP contribution in [0.1, 0.15) is 65.3 Å². The van der Waals surface area contributed by atoms with Crippen LogP contribution in [0.4, 0.5) is 5.69 Å². The van der Waals surface area contributed by atoms with Gasteiger partial charge >= 0.3 is 5.97 Å². The quantitative estimate of drug-likeness (QED) is 0.283. The number of hydrogen-bond donors (Lipinski definition) is 3. The lowest BCUT2D eigenvalue weighted by Gasteiger charge is -2.16. The van der Waals surface area contributed by atoms with E-state index in [2.05, 4.69) is 5.32 Å². The van der Waals surface area contributed by atoms with Gasteiger partial charge in [0.05, 0.1) is 5.92 Å². The number of nitrogens with one attached hydrogen (secondary N) is 1. The molecule has 35 heavy (non-hydrogen) atoms. The standard InChI is InChI=1S/C29H28N2O4/c1-2-22(29(33)34)23-8-3-4-9-25(23)31-28(32)21-13-20-15-26(18-10-11-18)35-27(20)24(14-21)19-7-5-6-17(12-19)16-30/h3-9,12-15,18,22H,2,10-11,16,30H2,1H3,(H,31,32)(H,33,34). The van der Waals surface area contributed by atoms with E-state index in [1.807, 2.05) is 49.4 Å². The minimum Gasteiger partial charge on any atom is -0.481 e. The van der Waals surface area contributed by atoms with E-state index in [4.69, 9.17) is 10.2 Å². The van der Waals surface area contributed by atoms with E-state index in [9.17, 15) is 14.7 Å². The van der Waals surface area contributed by atoms with Gasteiger partial charge in [0.1, 0.15) is 11.3 Å². The number of amides is 1. The van der Waals surface area contributed by atoms with Crippen molar-refractivity contribution in [2.24, 2.45) is 5.73 Å². The first-order valence-corrected chi connectivity index (χ1v) is 12.0. The van der Waals surface area contributed by atoms with Crippen LogP contribution in [0.3, 0.4) is 0 Å². The monoisotopic (exact) mass is 468 g/mol. The number of hydrogen-bond acceptors (Lipinski definition) is 4. The van der Waals surface area contributed by atoms with Crippen molar-refractivity contribution in [3.8, 4) is 11.1 Å². The molecule has 0 aliphatic heterocycles. The highest BCUT2D eigenvalue weighted by molar-refractivity contribution is 6.09. The third kappa shape index (κ3) is 4.57. The number of aliphatic carboxylic acids is 1. The summed E-state index contributed by atoms with van der Waals surface area (Å²) in [6, 6.07) is 20.7. The predicted octanol–water partition coefficient (Wildman–Crippen LogP) is 6.27. The number of carboxylic acid groups (broad SMARTS) is 1. The predicted molar refractivity (Wildman–Crippen MR) is 137 cm³/mol. The molecule has 0 spiro atoms. The van der Waals surface area contributed by atoms with E-state index in [1.54, 1.807) is 24.3 Å². The molecule has 1 atom stereocenters. The maximum Gasteiger partial charge on any atom is 0.311 e. The summed E-state index contributed by atoms with van der Waals surface area (Å²) >= 11 is 0. The lowest BCUT2D eigenvalue weighted by molar-refractivity contribution is -0.138. The first-order valence-electron chi connectivity index (χ1n) is 12.0. The summed E-state index contributed by atoms with van der Waals surface area (Å²) in [7, 11) is 0. The summed E-state index contributed by atoms with van der Waals surface area (Å²) in [6.07, 6.45) is 2.66. The van der Waals surface area contributed by atoms with Crippen LogP contribution in [0.25, 0.3) is 22.1 Å². The highest BCUT2D eigenvalue weighted by atomic mass is 16.4. The summed E-state index contributed by atoms with van der Waals surface area (Å²) in [5, 5.41) is 13.5. The third-order valence-corrected chi connectivity index (χ3v) is 6.64. The van der Waals surface area contributed by atoms with Crippen molar-refractivity contribution >= 4 is 28.5 Å². The first kappa shape index (κ1) is 22.9. The molecule has 3 aromatic carbocycles. The normalized spacial score (nSPS) is 14.1. The molecule has 4 aromatic rings. The van der Waals surface area contributed by atoms with Gasteiger partial charge in [-0.05, 0) is 66.3 Å². The fraction of sp³-hybridized carbons (Fsp3) is 0.241. The van der Waals surface area contributed by atoms with Gasteiger partial charge in [-0.25, -0.2) is 0 Å². The van der Waals surface area contributed by atoms with E-state index in [0.29, 0.717) is 35.7 Å². The molecule has 1 aliphatic rings. The number of rotatable bonds is 8. The van der Waals surface area contributed by atoms with Gasteiger partial charge in [-0.1, -0.05) is 43.3 Å². The van der Waals surface area contributed by atoms with Gasteiger partial charge in [-0.15, -0.1) is 0 Å². The van der Waals surface area contributed by atoms with Crippen LogP contribution in [-0.2, 0) is 11.3 Å². The molecule has 1 aromatic heterocycles. The molecular weight excluding hydrogens is 440 g/mol. The number of anilines is 1. The van der Waals surface area contributed by atoms with Crippen molar-refractivity contribution in [3.05, 3.63) is 89.2 Å². The van der Waals surface area contributed by atoms with Crippen LogP contribution in [0, 0.1) is 0 Å². The molecule has 6 nitrogen and oxygen atoms in total. The van der Waals surface area contributed by atoms with E-state index >= 15 is 0 Å². The van der Waals surface area contributed by atoms with Gasteiger partial charge in [0.25, 0.3) is 5.91 Å². The van der Waals surface area contributed by atoms with Crippen LogP contribution < -0.4 is 11.1 Å². The van der Waals surface area contributed by atoms with Gasteiger partial charge in [0, 0.05) is 34.7 Å². The number of benzene rings is 3. The van der Waals surface area contributed by atoms with Crippen molar-refractivity contribution in [1.29, 1.82) is 0 Å². The third-order valence-electron chi connectivity index (χ3n) is 6.64. The maximum atomic E-state index is 13.4. The Kier molecular flexibility index (Phi) is 6.14. The Hall–Kier alpha value is -3.90. The summed E-state index contributed by atoms with van der Waals surface area (Å²) in [5.41, 5.74) is 11.0. The average molecular weight is 469 g/mol. The zero-order valence-corrected chi connectivity index (χ0v) is 19.6. The number of fused-ring (bicyclic) bond motifs is 1. The second-order valence-electron chi connectivity index (χ2n) is 9.11. The molecule has 6 heteroatoms. The lowest BCUT2D eigenvalue weighted by atomic mass is 9.94. The molecule has 1 amide bonds. The van der Waals surface area contributed by atoms with Gasteiger partial charge < -0.3 is 20.6 Å². The Labute approximate surface area is 203 Å². The fourth-order valence-electron chi connectivity index (χ4n) is 4.59. The SMILES string of the molecule is CCC(C(=O)O)c1ccccc1NC(=O)c1cc(-c2cccc(CN)c2)c2oc(C3CC3)cc2c1.